The summed E-state index contributed by atoms with van der Waals surface area (Å²) >= 11 is 1.44. The number of piperidine rings is 1. The Morgan fingerprint density at radius 3 is 3.00 bits per heavy atom. The minimum absolute atomic E-state index is 0.00274. The summed E-state index contributed by atoms with van der Waals surface area (Å²) in [4.78, 5) is 23.6. The molecule has 1 fully saturated rings. The Kier molecular flexibility index (Phi) is 5.22. The molecule has 0 radical (unpaired) electrons. The van der Waals surface area contributed by atoms with Gasteiger partial charge in [-0.15, -0.1) is 11.3 Å². The van der Waals surface area contributed by atoms with Crippen LogP contribution in [-0.2, 0) is 4.79 Å². The molecule has 0 unspecified atom stereocenters. The van der Waals surface area contributed by atoms with Gasteiger partial charge in [-0.3, -0.25) is 9.69 Å². The average Bonchev–Trinajstić information content (AvgIpc) is 3.29. The Bertz CT molecular complexity index is 918. The number of para-hydroxylation sites is 2. The molecule has 1 saturated heterocycles. The number of carbonyl (C=O) groups is 1. The van der Waals surface area contributed by atoms with Crippen LogP contribution in [0.5, 0.6) is 0 Å². The van der Waals surface area contributed by atoms with Crippen molar-refractivity contribution in [2.24, 2.45) is 0 Å². The third-order valence-corrected chi connectivity index (χ3v) is 5.74. The van der Waals surface area contributed by atoms with E-state index in [0.29, 0.717) is 23.6 Å². The highest BCUT2D eigenvalue weighted by molar-refractivity contribution is 7.13. The third-order valence-electron chi connectivity index (χ3n) is 5.06. The fourth-order valence-electron chi connectivity index (χ4n) is 3.95. The van der Waals surface area contributed by atoms with Crippen LogP contribution in [0.4, 0.5) is 5.13 Å². The van der Waals surface area contributed by atoms with Crippen molar-refractivity contribution in [3.05, 3.63) is 41.7 Å². The molecule has 142 valence electrons. The van der Waals surface area contributed by atoms with E-state index >= 15 is 0 Å². The van der Waals surface area contributed by atoms with Gasteiger partial charge in [-0.05, 0) is 45.4 Å². The molecule has 7 heteroatoms. The number of likely N-dealkylation sites (tertiary alicyclic amines) is 1. The van der Waals surface area contributed by atoms with Crippen molar-refractivity contribution >= 4 is 33.4 Å². The lowest BCUT2D eigenvalue weighted by Crippen LogP contribution is -2.40. The first-order valence-corrected chi connectivity index (χ1v) is 10.4. The Morgan fingerprint density at radius 1 is 1.37 bits per heavy atom. The lowest BCUT2D eigenvalue weighted by atomic mass is 9.97. The van der Waals surface area contributed by atoms with Gasteiger partial charge in [0, 0.05) is 30.1 Å². The summed E-state index contributed by atoms with van der Waals surface area (Å²) in [6.45, 7) is 6.63. The molecule has 0 bridgehead atoms. The number of nitrogens with one attached hydrogen (secondary N) is 1. The van der Waals surface area contributed by atoms with Crippen LogP contribution in [0.2, 0.25) is 0 Å². The molecule has 27 heavy (non-hydrogen) atoms. The van der Waals surface area contributed by atoms with Gasteiger partial charge in [0.05, 0.1) is 17.6 Å². The number of anilines is 1. The van der Waals surface area contributed by atoms with Gasteiger partial charge in [0.25, 0.3) is 0 Å². The number of aromatic nitrogens is 3. The summed E-state index contributed by atoms with van der Waals surface area (Å²) < 4.78 is 2.36. The number of benzene rings is 1. The van der Waals surface area contributed by atoms with Crippen molar-refractivity contribution in [3.63, 3.8) is 0 Å². The molecular weight excluding hydrogens is 358 g/mol. The minimum Gasteiger partial charge on any atom is -0.325 e. The van der Waals surface area contributed by atoms with E-state index in [2.05, 4.69) is 51.8 Å². The van der Waals surface area contributed by atoms with Crippen molar-refractivity contribution in [1.29, 1.82) is 0 Å². The Morgan fingerprint density at radius 2 is 2.22 bits per heavy atom. The van der Waals surface area contributed by atoms with Crippen LogP contribution >= 0.6 is 11.3 Å². The summed E-state index contributed by atoms with van der Waals surface area (Å²) in [7, 11) is 0. The second-order valence-corrected chi connectivity index (χ2v) is 8.28. The van der Waals surface area contributed by atoms with Gasteiger partial charge in [0.1, 0.15) is 5.82 Å². The maximum atomic E-state index is 12.3. The van der Waals surface area contributed by atoms with Crippen molar-refractivity contribution in [2.45, 2.75) is 38.6 Å². The van der Waals surface area contributed by atoms with E-state index in [1.807, 2.05) is 11.4 Å². The first kappa shape index (κ1) is 18.1. The highest BCUT2D eigenvalue weighted by Gasteiger charge is 2.28. The zero-order valence-corrected chi connectivity index (χ0v) is 16.6. The minimum atomic E-state index is 0.00274. The first-order valence-electron chi connectivity index (χ1n) is 9.50. The lowest BCUT2D eigenvalue weighted by molar-refractivity contribution is -0.117. The Labute approximate surface area is 163 Å². The van der Waals surface area contributed by atoms with Gasteiger partial charge in [0.15, 0.2) is 5.13 Å². The summed E-state index contributed by atoms with van der Waals surface area (Å²) in [5.41, 5.74) is 2.25. The summed E-state index contributed by atoms with van der Waals surface area (Å²) in [6, 6.07) is 8.70. The molecular formula is C20H25N5OS. The van der Waals surface area contributed by atoms with Gasteiger partial charge in [0.2, 0.25) is 5.91 Å². The van der Waals surface area contributed by atoms with Crippen LogP contribution in [0.15, 0.2) is 35.8 Å². The second kappa shape index (κ2) is 7.78. The molecule has 0 saturated carbocycles. The molecule has 1 aromatic carbocycles. The molecule has 3 aromatic rings. The first-order chi connectivity index (χ1) is 13.1. The number of thiazole rings is 1. The van der Waals surface area contributed by atoms with Gasteiger partial charge in [-0.1, -0.05) is 12.1 Å². The zero-order valence-electron chi connectivity index (χ0n) is 15.8. The predicted molar refractivity (Wildman–Crippen MR) is 109 cm³/mol. The molecule has 1 atom stereocenters. The predicted octanol–water partition coefficient (Wildman–Crippen LogP) is 3.89. The second-order valence-electron chi connectivity index (χ2n) is 7.38. The molecule has 0 spiro atoms. The number of rotatable bonds is 5. The van der Waals surface area contributed by atoms with Crippen molar-refractivity contribution in [2.75, 3.05) is 25.0 Å². The number of hydrogen-bond donors (Lipinski definition) is 1. The Hall–Kier alpha value is -2.25. The molecule has 2 aromatic heterocycles. The van der Waals surface area contributed by atoms with Gasteiger partial charge in [-0.25, -0.2) is 9.97 Å². The SMILES string of the molecule is CC(C)n1c([C@H]2CCCN(CC(=O)Nc3nccs3)C2)nc2ccccc21. The number of nitrogens with zero attached hydrogens (tertiary/aromatic N) is 4. The molecule has 1 amide bonds. The molecule has 3 heterocycles. The van der Waals surface area contributed by atoms with E-state index in [1.165, 1.54) is 16.9 Å². The van der Waals surface area contributed by atoms with Crippen LogP contribution < -0.4 is 5.32 Å². The van der Waals surface area contributed by atoms with Crippen LogP contribution in [0.3, 0.4) is 0 Å². The average molecular weight is 384 g/mol. The monoisotopic (exact) mass is 383 g/mol. The normalized spacial score (nSPS) is 18.3. The van der Waals surface area contributed by atoms with Crippen LogP contribution in [0, 0.1) is 0 Å². The number of amides is 1. The quantitative estimate of drug-likeness (QED) is 0.726. The lowest BCUT2D eigenvalue weighted by Gasteiger charge is -2.32. The van der Waals surface area contributed by atoms with Gasteiger partial charge in [-0.2, -0.15) is 0 Å². The van der Waals surface area contributed by atoms with E-state index in [4.69, 9.17) is 4.98 Å². The van der Waals surface area contributed by atoms with Crippen LogP contribution in [0.1, 0.15) is 44.5 Å². The maximum Gasteiger partial charge on any atom is 0.240 e. The smallest absolute Gasteiger partial charge is 0.240 e. The van der Waals surface area contributed by atoms with Crippen molar-refractivity contribution in [1.82, 2.24) is 19.4 Å². The van der Waals surface area contributed by atoms with Crippen molar-refractivity contribution in [3.8, 4) is 0 Å². The fraction of sp³-hybridized carbons (Fsp3) is 0.450. The van der Waals surface area contributed by atoms with Crippen LogP contribution in [0.25, 0.3) is 11.0 Å². The van der Waals surface area contributed by atoms with E-state index in [1.54, 1.807) is 6.20 Å². The Balaban J connectivity index is 1.50. The van der Waals surface area contributed by atoms with Crippen LogP contribution in [-0.4, -0.2) is 45.0 Å². The zero-order chi connectivity index (χ0) is 18.8. The molecule has 1 aliphatic heterocycles. The highest BCUT2D eigenvalue weighted by Crippen LogP contribution is 2.31. The van der Waals surface area contributed by atoms with E-state index < -0.39 is 0 Å². The van der Waals surface area contributed by atoms with Gasteiger partial charge < -0.3 is 9.88 Å². The van der Waals surface area contributed by atoms with E-state index in [0.717, 1.165) is 37.3 Å². The van der Waals surface area contributed by atoms with E-state index in [-0.39, 0.29) is 5.91 Å². The molecule has 4 rings (SSSR count). The number of hydrogen-bond acceptors (Lipinski definition) is 5. The summed E-state index contributed by atoms with van der Waals surface area (Å²) in [5, 5.41) is 5.41. The summed E-state index contributed by atoms with van der Waals surface area (Å²) in [6.07, 6.45) is 3.89. The topological polar surface area (TPSA) is 63.1 Å². The van der Waals surface area contributed by atoms with Gasteiger partial charge >= 0.3 is 0 Å². The number of fused-ring (bicyclic) bond motifs is 1. The third kappa shape index (κ3) is 3.89. The van der Waals surface area contributed by atoms with Crippen molar-refractivity contribution < 1.29 is 4.79 Å². The molecule has 1 aliphatic rings. The molecule has 1 N–H and O–H groups in total. The standard InChI is InChI=1S/C20H25N5OS/c1-14(2)25-17-8-4-3-7-16(17)22-19(25)15-6-5-10-24(12-15)13-18(26)23-20-21-9-11-27-20/h3-4,7-9,11,14-15H,5-6,10,12-13H2,1-2H3,(H,21,23,26)/t15-/m0/s1. The summed E-state index contributed by atoms with van der Waals surface area (Å²) in [5.74, 6) is 1.50. The molecule has 6 nitrogen and oxygen atoms in total. The largest absolute Gasteiger partial charge is 0.325 e. The molecule has 0 aliphatic carbocycles. The number of carbonyl (C=O) groups excluding carboxylic acids is 1. The highest BCUT2D eigenvalue weighted by atomic mass is 32.1. The van der Waals surface area contributed by atoms with E-state index in [9.17, 15) is 4.79 Å². The maximum absolute atomic E-state index is 12.3. The fourth-order valence-corrected chi connectivity index (χ4v) is 4.50. The number of imidazole rings is 1.